The van der Waals surface area contributed by atoms with Crippen molar-refractivity contribution in [2.75, 3.05) is 13.6 Å². The Bertz CT molecular complexity index is 326. The van der Waals surface area contributed by atoms with E-state index in [2.05, 4.69) is 18.5 Å². The van der Waals surface area contributed by atoms with E-state index in [1.165, 1.54) is 0 Å². The first-order chi connectivity index (χ1) is 8.42. The minimum Gasteiger partial charge on any atom is -0.444 e. The van der Waals surface area contributed by atoms with Gasteiger partial charge in [0.05, 0.1) is 0 Å². The lowest BCUT2D eigenvalue weighted by Crippen LogP contribution is -2.27. The standard InChI is InChI=1S/C7H13NO2.C6H9NO/c1-5(2)7(9)10-6(3)8-4;1-2-7-5-3-4-6(7)8/h6,8H,1H2,2-4H3;2H,1,3-5H2. The first-order valence-corrected chi connectivity index (χ1v) is 5.88. The summed E-state index contributed by atoms with van der Waals surface area (Å²) in [5.74, 6) is -0.151. The van der Waals surface area contributed by atoms with Crippen LogP contribution in [0.2, 0.25) is 0 Å². The molecule has 102 valence electrons. The maximum Gasteiger partial charge on any atom is 0.334 e. The molecule has 1 rings (SSSR count). The quantitative estimate of drug-likeness (QED) is 0.468. The molecule has 0 bridgehead atoms. The number of nitrogens with zero attached hydrogens (tertiary/aromatic N) is 1. The largest absolute Gasteiger partial charge is 0.444 e. The van der Waals surface area contributed by atoms with Crippen LogP contribution in [0, 0.1) is 0 Å². The van der Waals surface area contributed by atoms with Crippen molar-refractivity contribution in [2.45, 2.75) is 32.9 Å². The lowest BCUT2D eigenvalue weighted by Gasteiger charge is -2.10. The number of carbonyl (C=O) groups excluding carboxylic acids is 2. The van der Waals surface area contributed by atoms with E-state index in [4.69, 9.17) is 4.74 Å². The molecule has 1 N–H and O–H groups in total. The molecule has 0 aromatic heterocycles. The Morgan fingerprint density at radius 2 is 2.22 bits per heavy atom. The number of ether oxygens (including phenoxy) is 1. The van der Waals surface area contributed by atoms with E-state index >= 15 is 0 Å². The molecule has 18 heavy (non-hydrogen) atoms. The van der Waals surface area contributed by atoms with Gasteiger partial charge in [-0.2, -0.15) is 0 Å². The Hall–Kier alpha value is -1.62. The average molecular weight is 254 g/mol. The van der Waals surface area contributed by atoms with Gasteiger partial charge in [0.15, 0.2) is 6.23 Å². The molecule has 1 heterocycles. The lowest BCUT2D eigenvalue weighted by molar-refractivity contribution is -0.144. The highest BCUT2D eigenvalue weighted by Crippen LogP contribution is 2.08. The molecule has 1 aliphatic rings. The summed E-state index contributed by atoms with van der Waals surface area (Å²) in [7, 11) is 1.72. The van der Waals surface area contributed by atoms with Crippen LogP contribution in [0.5, 0.6) is 0 Å². The predicted molar refractivity (Wildman–Crippen MR) is 70.6 cm³/mol. The summed E-state index contributed by atoms with van der Waals surface area (Å²) in [6, 6.07) is 0. The summed E-state index contributed by atoms with van der Waals surface area (Å²) in [6.45, 7) is 11.2. The zero-order chi connectivity index (χ0) is 14.1. The number of nitrogens with one attached hydrogen (secondary N) is 1. The third-order valence-electron chi connectivity index (χ3n) is 2.37. The van der Waals surface area contributed by atoms with E-state index in [1.54, 1.807) is 32.0 Å². The van der Waals surface area contributed by atoms with Gasteiger partial charge in [-0.25, -0.2) is 4.79 Å². The second-order valence-corrected chi connectivity index (χ2v) is 3.99. The van der Waals surface area contributed by atoms with Crippen LogP contribution < -0.4 is 5.32 Å². The molecule has 1 aliphatic heterocycles. The fourth-order valence-electron chi connectivity index (χ4n) is 1.18. The maximum atomic E-state index is 10.8. The third-order valence-corrected chi connectivity index (χ3v) is 2.37. The molecule has 0 spiro atoms. The molecular formula is C13H22N2O3. The van der Waals surface area contributed by atoms with E-state index in [1.807, 2.05) is 0 Å². The molecule has 0 aromatic carbocycles. The van der Waals surface area contributed by atoms with Gasteiger partial charge in [-0.15, -0.1) is 0 Å². The van der Waals surface area contributed by atoms with E-state index < -0.39 is 0 Å². The van der Waals surface area contributed by atoms with Crippen molar-refractivity contribution in [1.29, 1.82) is 0 Å². The summed E-state index contributed by atoms with van der Waals surface area (Å²) in [4.78, 5) is 23.1. The van der Waals surface area contributed by atoms with Gasteiger partial charge in [0.1, 0.15) is 0 Å². The Labute approximate surface area is 108 Å². The van der Waals surface area contributed by atoms with E-state index in [0.29, 0.717) is 12.0 Å². The average Bonchev–Trinajstić information content (AvgIpc) is 2.75. The number of amides is 1. The lowest BCUT2D eigenvalue weighted by atomic mass is 10.4. The zero-order valence-corrected chi connectivity index (χ0v) is 11.4. The molecule has 1 atom stereocenters. The Morgan fingerprint density at radius 3 is 2.50 bits per heavy atom. The number of hydrogen-bond donors (Lipinski definition) is 1. The van der Waals surface area contributed by atoms with Crippen molar-refractivity contribution in [2.24, 2.45) is 0 Å². The Morgan fingerprint density at radius 1 is 1.61 bits per heavy atom. The summed E-state index contributed by atoms with van der Waals surface area (Å²) < 4.78 is 4.81. The maximum absolute atomic E-state index is 10.8. The van der Waals surface area contributed by atoms with Gasteiger partial charge in [-0.05, 0) is 33.5 Å². The van der Waals surface area contributed by atoms with Gasteiger partial charge in [0, 0.05) is 18.5 Å². The molecule has 1 saturated heterocycles. The zero-order valence-electron chi connectivity index (χ0n) is 11.4. The van der Waals surface area contributed by atoms with Crippen LogP contribution in [0.1, 0.15) is 26.7 Å². The molecular weight excluding hydrogens is 232 g/mol. The van der Waals surface area contributed by atoms with Crippen molar-refractivity contribution in [1.82, 2.24) is 10.2 Å². The van der Waals surface area contributed by atoms with E-state index in [-0.39, 0.29) is 18.1 Å². The van der Waals surface area contributed by atoms with Gasteiger partial charge in [-0.1, -0.05) is 13.2 Å². The molecule has 5 nitrogen and oxygen atoms in total. The van der Waals surface area contributed by atoms with Crippen LogP contribution in [0.15, 0.2) is 24.9 Å². The van der Waals surface area contributed by atoms with Crippen LogP contribution in [0.4, 0.5) is 0 Å². The van der Waals surface area contributed by atoms with Crippen LogP contribution in [0.25, 0.3) is 0 Å². The molecule has 1 unspecified atom stereocenters. The molecule has 1 fully saturated rings. The molecule has 5 heteroatoms. The summed E-state index contributed by atoms with van der Waals surface area (Å²) in [5.41, 5.74) is 0.419. The molecule has 0 aromatic rings. The van der Waals surface area contributed by atoms with Crippen molar-refractivity contribution in [3.05, 3.63) is 24.9 Å². The Kier molecular flexibility index (Phi) is 7.71. The predicted octanol–water partition coefficient (Wildman–Crippen LogP) is 1.42. The van der Waals surface area contributed by atoms with Crippen LogP contribution >= 0.6 is 0 Å². The highest BCUT2D eigenvalue weighted by atomic mass is 16.6. The van der Waals surface area contributed by atoms with Gasteiger partial charge < -0.3 is 9.64 Å². The minimum atomic E-state index is -0.359. The first-order valence-electron chi connectivity index (χ1n) is 5.88. The summed E-state index contributed by atoms with van der Waals surface area (Å²) in [5, 5.41) is 2.77. The van der Waals surface area contributed by atoms with Crippen molar-refractivity contribution in [3.63, 3.8) is 0 Å². The number of likely N-dealkylation sites (tertiary alicyclic amines) is 1. The van der Waals surface area contributed by atoms with Gasteiger partial charge in [-0.3, -0.25) is 10.1 Å². The number of rotatable bonds is 4. The highest BCUT2D eigenvalue weighted by Gasteiger charge is 2.16. The number of carbonyl (C=O) groups is 2. The third kappa shape index (κ3) is 6.20. The van der Waals surface area contributed by atoms with Gasteiger partial charge in [0.25, 0.3) is 0 Å². The topological polar surface area (TPSA) is 58.6 Å². The molecule has 1 amide bonds. The smallest absolute Gasteiger partial charge is 0.334 e. The van der Waals surface area contributed by atoms with Crippen LogP contribution in [-0.2, 0) is 14.3 Å². The van der Waals surface area contributed by atoms with E-state index in [0.717, 1.165) is 13.0 Å². The Balaban J connectivity index is 0.000000327. The second-order valence-electron chi connectivity index (χ2n) is 3.99. The monoisotopic (exact) mass is 254 g/mol. The SMILES string of the molecule is C=C(C)C(=O)OC(C)NC.C=CN1CCCC1=O. The highest BCUT2D eigenvalue weighted by molar-refractivity contribution is 5.87. The number of esters is 1. The van der Waals surface area contributed by atoms with Crippen molar-refractivity contribution < 1.29 is 14.3 Å². The molecule has 0 aliphatic carbocycles. The molecule has 0 radical (unpaired) electrons. The minimum absolute atomic E-state index is 0.208. The summed E-state index contributed by atoms with van der Waals surface area (Å²) in [6.07, 6.45) is 3.04. The van der Waals surface area contributed by atoms with Gasteiger partial charge in [0.2, 0.25) is 5.91 Å². The number of hydrogen-bond acceptors (Lipinski definition) is 4. The second kappa shape index (κ2) is 8.47. The van der Waals surface area contributed by atoms with Gasteiger partial charge >= 0.3 is 5.97 Å². The van der Waals surface area contributed by atoms with Crippen LogP contribution in [0.3, 0.4) is 0 Å². The first kappa shape index (κ1) is 16.4. The molecule has 0 saturated carbocycles. The van der Waals surface area contributed by atoms with E-state index in [9.17, 15) is 9.59 Å². The normalized spacial score (nSPS) is 15.5. The van der Waals surface area contributed by atoms with Crippen molar-refractivity contribution in [3.8, 4) is 0 Å². The summed E-state index contributed by atoms with van der Waals surface area (Å²) >= 11 is 0. The fraction of sp³-hybridized carbons (Fsp3) is 0.538. The van der Waals surface area contributed by atoms with Crippen LogP contribution in [-0.4, -0.2) is 36.6 Å². The fourth-order valence-corrected chi connectivity index (χ4v) is 1.18. The van der Waals surface area contributed by atoms with Crippen molar-refractivity contribution >= 4 is 11.9 Å².